The highest BCUT2D eigenvalue weighted by molar-refractivity contribution is 6.05. The SMILES string of the molecule is CC1(C)C(=O)NC(=O)CN1C(N)=O. The van der Waals surface area contributed by atoms with E-state index in [1.165, 1.54) is 13.8 Å². The van der Waals surface area contributed by atoms with Crippen LogP contribution in [0.15, 0.2) is 0 Å². The first kappa shape index (κ1) is 9.50. The van der Waals surface area contributed by atoms with Crippen LogP contribution in [0.5, 0.6) is 0 Å². The number of nitrogens with two attached hydrogens (primary N) is 1. The standard InChI is InChI=1S/C7H11N3O3/c1-7(2)5(12)9-4(11)3-10(7)6(8)13/h3H2,1-2H3,(H2,8,13)(H,9,11,12). The van der Waals surface area contributed by atoms with E-state index in [0.717, 1.165) is 4.90 Å². The quantitative estimate of drug-likeness (QED) is 0.464. The van der Waals surface area contributed by atoms with E-state index in [-0.39, 0.29) is 6.54 Å². The van der Waals surface area contributed by atoms with E-state index >= 15 is 0 Å². The predicted octanol–water partition coefficient (Wildman–Crippen LogP) is -1.20. The maximum Gasteiger partial charge on any atom is 0.316 e. The van der Waals surface area contributed by atoms with Crippen molar-refractivity contribution in [2.45, 2.75) is 19.4 Å². The van der Waals surface area contributed by atoms with E-state index in [0.29, 0.717) is 0 Å². The van der Waals surface area contributed by atoms with Crippen LogP contribution in [-0.2, 0) is 9.59 Å². The second-order valence-electron chi connectivity index (χ2n) is 3.36. The van der Waals surface area contributed by atoms with Gasteiger partial charge in [0, 0.05) is 0 Å². The number of amides is 4. The second-order valence-corrected chi connectivity index (χ2v) is 3.36. The van der Waals surface area contributed by atoms with E-state index in [4.69, 9.17) is 5.73 Å². The van der Waals surface area contributed by atoms with E-state index in [2.05, 4.69) is 5.32 Å². The molecular formula is C7H11N3O3. The number of carbonyl (C=O) groups excluding carboxylic acids is 3. The summed E-state index contributed by atoms with van der Waals surface area (Å²) in [5.74, 6) is -1.02. The summed E-state index contributed by atoms with van der Waals surface area (Å²) in [5.41, 5.74) is 3.97. The van der Waals surface area contributed by atoms with Crippen LogP contribution >= 0.6 is 0 Å². The van der Waals surface area contributed by atoms with Gasteiger partial charge < -0.3 is 10.6 Å². The molecule has 0 spiro atoms. The number of urea groups is 1. The van der Waals surface area contributed by atoms with Crippen LogP contribution in [-0.4, -0.2) is 34.8 Å². The van der Waals surface area contributed by atoms with Crippen LogP contribution < -0.4 is 11.1 Å². The van der Waals surface area contributed by atoms with Gasteiger partial charge in [0.25, 0.3) is 5.91 Å². The molecule has 1 rings (SSSR count). The Morgan fingerprint density at radius 2 is 2.08 bits per heavy atom. The van der Waals surface area contributed by atoms with Crippen molar-refractivity contribution in [2.75, 3.05) is 6.54 Å². The van der Waals surface area contributed by atoms with Gasteiger partial charge in [0.05, 0.1) is 0 Å². The largest absolute Gasteiger partial charge is 0.351 e. The highest BCUT2D eigenvalue weighted by Crippen LogP contribution is 2.17. The van der Waals surface area contributed by atoms with E-state index in [9.17, 15) is 14.4 Å². The zero-order chi connectivity index (χ0) is 10.2. The number of nitrogens with one attached hydrogen (secondary N) is 1. The average Bonchev–Trinajstić information content (AvgIpc) is 1.96. The Balaban J connectivity index is 2.98. The number of nitrogens with zero attached hydrogens (tertiary/aromatic N) is 1. The summed E-state index contributed by atoms with van der Waals surface area (Å²) >= 11 is 0. The molecule has 0 aromatic heterocycles. The Labute approximate surface area is 75.1 Å². The zero-order valence-corrected chi connectivity index (χ0v) is 7.46. The highest BCUT2D eigenvalue weighted by atomic mass is 16.2. The van der Waals surface area contributed by atoms with E-state index in [1.54, 1.807) is 0 Å². The van der Waals surface area contributed by atoms with Gasteiger partial charge in [0.2, 0.25) is 5.91 Å². The second kappa shape index (κ2) is 2.72. The first-order valence-corrected chi connectivity index (χ1v) is 3.77. The third kappa shape index (κ3) is 1.47. The van der Waals surface area contributed by atoms with Crippen LogP contribution in [0.4, 0.5) is 4.79 Å². The Bertz CT molecular complexity index is 285. The van der Waals surface area contributed by atoms with Crippen LogP contribution in [0, 0.1) is 0 Å². The molecule has 0 bridgehead atoms. The highest BCUT2D eigenvalue weighted by Gasteiger charge is 2.42. The first-order chi connectivity index (χ1) is 5.85. The molecule has 0 aromatic rings. The summed E-state index contributed by atoms with van der Waals surface area (Å²) < 4.78 is 0. The fourth-order valence-electron chi connectivity index (χ4n) is 1.14. The Morgan fingerprint density at radius 3 is 2.54 bits per heavy atom. The van der Waals surface area contributed by atoms with Gasteiger partial charge in [-0.15, -0.1) is 0 Å². The topological polar surface area (TPSA) is 92.5 Å². The molecule has 4 amide bonds. The van der Waals surface area contributed by atoms with E-state index in [1.807, 2.05) is 0 Å². The van der Waals surface area contributed by atoms with Crippen molar-refractivity contribution < 1.29 is 14.4 Å². The molecule has 1 aliphatic heterocycles. The van der Waals surface area contributed by atoms with Crippen molar-refractivity contribution in [1.82, 2.24) is 10.2 Å². The van der Waals surface area contributed by atoms with Gasteiger partial charge in [0.15, 0.2) is 0 Å². The molecule has 0 unspecified atom stereocenters. The molecule has 6 nitrogen and oxygen atoms in total. The number of hydrogen-bond donors (Lipinski definition) is 2. The number of primary amides is 1. The van der Waals surface area contributed by atoms with Gasteiger partial charge in [0.1, 0.15) is 12.1 Å². The molecule has 0 aliphatic carbocycles. The summed E-state index contributed by atoms with van der Waals surface area (Å²) in [7, 11) is 0. The molecular weight excluding hydrogens is 174 g/mol. The summed E-state index contributed by atoms with van der Waals surface area (Å²) in [6.45, 7) is 2.88. The maximum atomic E-state index is 11.3. The van der Waals surface area contributed by atoms with Gasteiger partial charge in [-0.25, -0.2) is 4.79 Å². The minimum Gasteiger partial charge on any atom is -0.351 e. The Hall–Kier alpha value is -1.59. The van der Waals surface area contributed by atoms with Gasteiger partial charge in [-0.2, -0.15) is 0 Å². The van der Waals surface area contributed by atoms with Crippen molar-refractivity contribution in [3.63, 3.8) is 0 Å². The lowest BCUT2D eigenvalue weighted by Crippen LogP contribution is -2.66. The molecule has 0 atom stereocenters. The predicted molar refractivity (Wildman–Crippen MR) is 43.5 cm³/mol. The normalized spacial score (nSPS) is 21.2. The van der Waals surface area contributed by atoms with Crippen molar-refractivity contribution in [3.8, 4) is 0 Å². The summed E-state index contributed by atoms with van der Waals surface area (Å²) in [4.78, 5) is 34.1. The van der Waals surface area contributed by atoms with Crippen molar-refractivity contribution in [1.29, 1.82) is 0 Å². The molecule has 1 saturated heterocycles. The van der Waals surface area contributed by atoms with E-state index < -0.39 is 23.4 Å². The molecule has 0 radical (unpaired) electrons. The number of piperazine rings is 1. The van der Waals surface area contributed by atoms with Crippen LogP contribution in [0.3, 0.4) is 0 Å². The number of carbonyl (C=O) groups is 3. The Kier molecular flexibility index (Phi) is 1.99. The van der Waals surface area contributed by atoms with Gasteiger partial charge in [-0.05, 0) is 13.8 Å². The first-order valence-electron chi connectivity index (χ1n) is 3.77. The molecule has 1 fully saturated rings. The van der Waals surface area contributed by atoms with Gasteiger partial charge >= 0.3 is 6.03 Å². The zero-order valence-electron chi connectivity index (χ0n) is 7.46. The van der Waals surface area contributed by atoms with Crippen molar-refractivity contribution in [3.05, 3.63) is 0 Å². The third-order valence-corrected chi connectivity index (χ3v) is 2.05. The molecule has 3 N–H and O–H groups in total. The molecule has 0 aromatic carbocycles. The molecule has 6 heteroatoms. The average molecular weight is 185 g/mol. The smallest absolute Gasteiger partial charge is 0.316 e. The molecule has 1 aliphatic rings. The number of hydrogen-bond acceptors (Lipinski definition) is 3. The van der Waals surface area contributed by atoms with Gasteiger partial charge in [-0.1, -0.05) is 0 Å². The fraction of sp³-hybridized carbons (Fsp3) is 0.571. The number of imide groups is 1. The summed E-state index contributed by atoms with van der Waals surface area (Å²) in [5, 5.41) is 2.13. The summed E-state index contributed by atoms with van der Waals surface area (Å²) in [6, 6.07) is -0.770. The molecule has 0 saturated carbocycles. The molecule has 13 heavy (non-hydrogen) atoms. The fourth-order valence-corrected chi connectivity index (χ4v) is 1.14. The third-order valence-electron chi connectivity index (χ3n) is 2.05. The Morgan fingerprint density at radius 1 is 1.54 bits per heavy atom. The monoisotopic (exact) mass is 185 g/mol. The minimum absolute atomic E-state index is 0.173. The maximum absolute atomic E-state index is 11.3. The minimum atomic E-state index is -1.06. The summed E-state index contributed by atoms with van der Waals surface area (Å²) in [6.07, 6.45) is 0. The van der Waals surface area contributed by atoms with Crippen LogP contribution in [0.25, 0.3) is 0 Å². The molecule has 1 heterocycles. The van der Waals surface area contributed by atoms with Gasteiger partial charge in [-0.3, -0.25) is 14.9 Å². The van der Waals surface area contributed by atoms with Crippen LogP contribution in [0.2, 0.25) is 0 Å². The lowest BCUT2D eigenvalue weighted by atomic mass is 9.99. The van der Waals surface area contributed by atoms with Crippen molar-refractivity contribution in [2.24, 2.45) is 5.73 Å². The number of rotatable bonds is 0. The van der Waals surface area contributed by atoms with Crippen LogP contribution in [0.1, 0.15) is 13.8 Å². The lowest BCUT2D eigenvalue weighted by Gasteiger charge is -2.38. The molecule has 72 valence electrons. The van der Waals surface area contributed by atoms with Crippen molar-refractivity contribution >= 4 is 17.8 Å². The lowest BCUT2D eigenvalue weighted by molar-refractivity contribution is -0.142.